The lowest BCUT2D eigenvalue weighted by atomic mass is 10.3. The first-order chi connectivity index (χ1) is 12.3. The molecule has 5 nitrogen and oxygen atoms in total. The van der Waals surface area contributed by atoms with Gasteiger partial charge in [0.15, 0.2) is 5.96 Å². The van der Waals surface area contributed by atoms with Gasteiger partial charge in [0, 0.05) is 44.0 Å². The Morgan fingerprint density at radius 1 is 1.19 bits per heavy atom. The second kappa shape index (κ2) is 11.0. The minimum atomic E-state index is 0. The number of halogens is 1. The van der Waals surface area contributed by atoms with Crippen LogP contribution >= 0.6 is 24.0 Å². The minimum Gasteiger partial charge on any atom is -0.369 e. The molecular weight excluding hydrogens is 437 g/mol. The summed E-state index contributed by atoms with van der Waals surface area (Å²) in [4.78, 5) is 9.81. The molecule has 1 heterocycles. The number of guanidine groups is 1. The van der Waals surface area contributed by atoms with E-state index in [2.05, 4.69) is 64.6 Å². The van der Waals surface area contributed by atoms with Crippen molar-refractivity contribution in [1.82, 2.24) is 15.5 Å². The van der Waals surface area contributed by atoms with Gasteiger partial charge in [-0.3, -0.25) is 9.89 Å². The summed E-state index contributed by atoms with van der Waals surface area (Å²) in [7, 11) is 0. The molecule has 1 atom stereocenters. The van der Waals surface area contributed by atoms with Gasteiger partial charge in [-0.05, 0) is 44.9 Å². The number of likely N-dealkylation sites (N-methyl/N-ethyl adjacent to an activating group) is 1. The predicted molar refractivity (Wildman–Crippen MR) is 122 cm³/mol. The topological polar surface area (TPSA) is 42.9 Å². The van der Waals surface area contributed by atoms with Crippen LogP contribution in [0.15, 0.2) is 35.3 Å². The first-order valence-corrected chi connectivity index (χ1v) is 9.89. The quantitative estimate of drug-likeness (QED) is 0.348. The van der Waals surface area contributed by atoms with Crippen molar-refractivity contribution >= 4 is 35.6 Å². The molecule has 1 saturated carbocycles. The standard InChI is InChI=1S/C20H33N5.HI/c1-3-21-20(22-13-15-24(4-2)19-10-11-19)23-17-12-14-25(16-17)18-8-6-5-7-9-18;/h5-9,17,19H,3-4,10-16H2,1-2H3,(H2,21,22,23);1H. The molecule has 0 bridgehead atoms. The molecule has 0 aromatic heterocycles. The van der Waals surface area contributed by atoms with Crippen LogP contribution in [0.2, 0.25) is 0 Å². The number of hydrogen-bond acceptors (Lipinski definition) is 3. The number of rotatable bonds is 8. The fraction of sp³-hybridized carbons (Fsp3) is 0.650. The molecule has 1 unspecified atom stereocenters. The van der Waals surface area contributed by atoms with Crippen LogP contribution in [0.4, 0.5) is 5.69 Å². The molecule has 26 heavy (non-hydrogen) atoms. The van der Waals surface area contributed by atoms with Gasteiger partial charge < -0.3 is 15.5 Å². The lowest BCUT2D eigenvalue weighted by Gasteiger charge is -2.21. The summed E-state index contributed by atoms with van der Waals surface area (Å²) in [6.07, 6.45) is 3.89. The highest BCUT2D eigenvalue weighted by Crippen LogP contribution is 2.26. The maximum atomic E-state index is 4.81. The number of nitrogens with one attached hydrogen (secondary N) is 2. The number of hydrogen-bond donors (Lipinski definition) is 2. The third-order valence-corrected chi connectivity index (χ3v) is 5.12. The molecule has 2 N–H and O–H groups in total. The van der Waals surface area contributed by atoms with E-state index >= 15 is 0 Å². The number of anilines is 1. The first kappa shape index (κ1) is 21.3. The summed E-state index contributed by atoms with van der Waals surface area (Å²) in [5, 5.41) is 7.03. The van der Waals surface area contributed by atoms with Crippen LogP contribution in [0.25, 0.3) is 0 Å². The highest BCUT2D eigenvalue weighted by molar-refractivity contribution is 14.0. The SMILES string of the molecule is CCNC(=NCCN(CC)C1CC1)NC1CCN(c2ccccc2)C1.I. The van der Waals surface area contributed by atoms with Crippen LogP contribution < -0.4 is 15.5 Å². The lowest BCUT2D eigenvalue weighted by molar-refractivity contribution is 0.286. The third kappa shape index (κ3) is 6.30. The van der Waals surface area contributed by atoms with E-state index in [-0.39, 0.29) is 24.0 Å². The van der Waals surface area contributed by atoms with Crippen LogP contribution in [-0.4, -0.2) is 62.2 Å². The second-order valence-corrected chi connectivity index (χ2v) is 7.03. The maximum Gasteiger partial charge on any atom is 0.191 e. The van der Waals surface area contributed by atoms with Crippen molar-refractivity contribution < 1.29 is 0 Å². The average Bonchev–Trinajstić information content (AvgIpc) is 3.38. The molecule has 0 amide bonds. The molecule has 146 valence electrons. The maximum absolute atomic E-state index is 4.81. The van der Waals surface area contributed by atoms with Gasteiger partial charge in [0.25, 0.3) is 0 Å². The van der Waals surface area contributed by atoms with Gasteiger partial charge in [0.1, 0.15) is 0 Å². The van der Waals surface area contributed by atoms with Gasteiger partial charge in [-0.2, -0.15) is 0 Å². The van der Waals surface area contributed by atoms with Gasteiger partial charge in [0.05, 0.1) is 6.54 Å². The van der Waals surface area contributed by atoms with Gasteiger partial charge in [-0.1, -0.05) is 25.1 Å². The van der Waals surface area contributed by atoms with Crippen LogP contribution in [-0.2, 0) is 0 Å². The summed E-state index contributed by atoms with van der Waals surface area (Å²) in [5.41, 5.74) is 1.32. The van der Waals surface area contributed by atoms with Crippen molar-refractivity contribution in [3.05, 3.63) is 30.3 Å². The van der Waals surface area contributed by atoms with E-state index in [1.165, 1.54) is 18.5 Å². The number of benzene rings is 1. The summed E-state index contributed by atoms with van der Waals surface area (Å²) < 4.78 is 0. The molecule has 1 aliphatic carbocycles. The van der Waals surface area contributed by atoms with Gasteiger partial charge in [-0.25, -0.2) is 0 Å². The molecule has 0 spiro atoms. The zero-order valence-electron chi connectivity index (χ0n) is 16.2. The molecular formula is C20H34IN5. The summed E-state index contributed by atoms with van der Waals surface area (Å²) >= 11 is 0. The molecule has 1 aromatic rings. The fourth-order valence-electron chi connectivity index (χ4n) is 3.59. The molecule has 6 heteroatoms. The number of nitrogens with zero attached hydrogens (tertiary/aromatic N) is 3. The Kier molecular flexibility index (Phi) is 8.98. The zero-order chi connectivity index (χ0) is 17.5. The highest BCUT2D eigenvalue weighted by atomic mass is 127. The Labute approximate surface area is 175 Å². The molecule has 3 rings (SSSR count). The first-order valence-electron chi connectivity index (χ1n) is 9.89. The summed E-state index contributed by atoms with van der Waals surface area (Å²) in [6.45, 7) is 10.5. The predicted octanol–water partition coefficient (Wildman–Crippen LogP) is 2.92. The van der Waals surface area contributed by atoms with E-state index < -0.39 is 0 Å². The van der Waals surface area contributed by atoms with Gasteiger partial charge >= 0.3 is 0 Å². The minimum absolute atomic E-state index is 0. The van der Waals surface area contributed by atoms with Crippen LogP contribution in [0.3, 0.4) is 0 Å². The number of aliphatic imine (C=N–C) groups is 1. The Hall–Kier alpha value is -1.02. The monoisotopic (exact) mass is 471 g/mol. The smallest absolute Gasteiger partial charge is 0.191 e. The molecule has 2 aliphatic rings. The Morgan fingerprint density at radius 3 is 2.62 bits per heavy atom. The molecule has 2 fully saturated rings. The van der Waals surface area contributed by atoms with Crippen molar-refractivity contribution in [1.29, 1.82) is 0 Å². The van der Waals surface area contributed by atoms with Crippen molar-refractivity contribution in [2.75, 3.05) is 44.2 Å². The Morgan fingerprint density at radius 2 is 1.96 bits per heavy atom. The van der Waals surface area contributed by atoms with E-state index in [4.69, 9.17) is 4.99 Å². The summed E-state index contributed by atoms with van der Waals surface area (Å²) in [5.74, 6) is 0.967. The second-order valence-electron chi connectivity index (χ2n) is 7.03. The lowest BCUT2D eigenvalue weighted by Crippen LogP contribution is -2.45. The third-order valence-electron chi connectivity index (χ3n) is 5.12. The highest BCUT2D eigenvalue weighted by Gasteiger charge is 2.27. The Balaban J connectivity index is 0.00000243. The van der Waals surface area contributed by atoms with E-state index in [1.54, 1.807) is 0 Å². The molecule has 1 saturated heterocycles. The van der Waals surface area contributed by atoms with Gasteiger partial charge in [0.2, 0.25) is 0 Å². The molecule has 1 aliphatic heterocycles. The van der Waals surface area contributed by atoms with Crippen molar-refractivity contribution in [2.45, 2.75) is 45.2 Å². The van der Waals surface area contributed by atoms with E-state index in [0.29, 0.717) is 6.04 Å². The van der Waals surface area contributed by atoms with E-state index in [0.717, 1.165) is 57.7 Å². The van der Waals surface area contributed by atoms with Crippen molar-refractivity contribution in [3.63, 3.8) is 0 Å². The average molecular weight is 471 g/mol. The zero-order valence-corrected chi connectivity index (χ0v) is 18.5. The van der Waals surface area contributed by atoms with Gasteiger partial charge in [-0.15, -0.1) is 24.0 Å². The summed E-state index contributed by atoms with van der Waals surface area (Å²) in [6, 6.07) is 12.0. The van der Waals surface area contributed by atoms with E-state index in [1.807, 2.05) is 0 Å². The van der Waals surface area contributed by atoms with Crippen LogP contribution in [0.5, 0.6) is 0 Å². The van der Waals surface area contributed by atoms with Crippen molar-refractivity contribution in [2.24, 2.45) is 4.99 Å². The fourth-order valence-corrected chi connectivity index (χ4v) is 3.59. The number of para-hydroxylation sites is 1. The van der Waals surface area contributed by atoms with Crippen LogP contribution in [0.1, 0.15) is 33.1 Å². The molecule has 1 aromatic carbocycles. The van der Waals surface area contributed by atoms with E-state index in [9.17, 15) is 0 Å². The van der Waals surface area contributed by atoms with Crippen molar-refractivity contribution in [3.8, 4) is 0 Å². The normalized spacial score (nSPS) is 20.2. The Bertz CT molecular complexity index is 546. The van der Waals surface area contributed by atoms with Crippen LogP contribution in [0, 0.1) is 0 Å². The molecule has 0 radical (unpaired) electrons. The largest absolute Gasteiger partial charge is 0.369 e.